The van der Waals surface area contributed by atoms with Gasteiger partial charge >= 0.3 is 0 Å². The Labute approximate surface area is 108 Å². The van der Waals surface area contributed by atoms with Gasteiger partial charge in [-0.3, -0.25) is 0 Å². The molecule has 3 N–H and O–H groups in total. The summed E-state index contributed by atoms with van der Waals surface area (Å²) in [5.74, 6) is 2.27. The highest BCUT2D eigenvalue weighted by atomic mass is 16.2. The lowest BCUT2D eigenvalue weighted by Gasteiger charge is -2.27. The van der Waals surface area contributed by atoms with E-state index >= 15 is 0 Å². The SMILES string of the molecule is Cc1nc(N)c(C)c(N2CCCC2CCCO)n1. The second-order valence-corrected chi connectivity index (χ2v) is 4.96. The molecule has 1 aromatic rings. The molecule has 1 aromatic heterocycles. The summed E-state index contributed by atoms with van der Waals surface area (Å²) in [5.41, 5.74) is 6.89. The smallest absolute Gasteiger partial charge is 0.137 e. The van der Waals surface area contributed by atoms with Gasteiger partial charge in [-0.15, -0.1) is 0 Å². The van der Waals surface area contributed by atoms with Gasteiger partial charge < -0.3 is 15.7 Å². The molecule has 1 saturated heterocycles. The third kappa shape index (κ3) is 2.56. The van der Waals surface area contributed by atoms with Crippen LogP contribution in [-0.2, 0) is 0 Å². The largest absolute Gasteiger partial charge is 0.396 e. The minimum absolute atomic E-state index is 0.258. The van der Waals surface area contributed by atoms with Crippen molar-refractivity contribution in [3.63, 3.8) is 0 Å². The van der Waals surface area contributed by atoms with Crippen LogP contribution in [0.1, 0.15) is 37.1 Å². The molecule has 0 aromatic carbocycles. The number of nitrogen functional groups attached to an aromatic ring is 1. The van der Waals surface area contributed by atoms with Crippen molar-refractivity contribution in [2.24, 2.45) is 0 Å². The zero-order chi connectivity index (χ0) is 13.1. The van der Waals surface area contributed by atoms with Gasteiger partial charge in [0, 0.05) is 24.8 Å². The molecule has 0 aliphatic carbocycles. The number of aliphatic hydroxyl groups excluding tert-OH is 1. The molecule has 18 heavy (non-hydrogen) atoms. The molecule has 5 nitrogen and oxygen atoms in total. The lowest BCUT2D eigenvalue weighted by atomic mass is 10.1. The average molecular weight is 250 g/mol. The summed E-state index contributed by atoms with van der Waals surface area (Å²) in [6.07, 6.45) is 4.21. The maximum absolute atomic E-state index is 8.96. The fraction of sp³-hybridized carbons (Fsp3) is 0.692. The van der Waals surface area contributed by atoms with E-state index in [1.165, 1.54) is 12.8 Å². The predicted octanol–water partition coefficient (Wildman–Crippen LogP) is 1.42. The standard InChI is InChI=1S/C13H22N4O/c1-9-12(14)15-10(2)16-13(9)17-7-3-5-11(17)6-4-8-18/h11,18H,3-8H2,1-2H3,(H2,14,15,16). The number of aromatic nitrogens is 2. The maximum Gasteiger partial charge on any atom is 0.137 e. The molecule has 1 aliphatic heterocycles. The van der Waals surface area contributed by atoms with Crippen molar-refractivity contribution in [1.29, 1.82) is 0 Å². The lowest BCUT2D eigenvalue weighted by molar-refractivity contribution is 0.279. The molecule has 1 unspecified atom stereocenters. The Balaban J connectivity index is 2.24. The maximum atomic E-state index is 8.96. The van der Waals surface area contributed by atoms with E-state index in [4.69, 9.17) is 10.8 Å². The highest BCUT2D eigenvalue weighted by Gasteiger charge is 2.27. The summed E-state index contributed by atoms with van der Waals surface area (Å²) >= 11 is 0. The second-order valence-electron chi connectivity index (χ2n) is 4.96. The molecule has 0 saturated carbocycles. The van der Waals surface area contributed by atoms with E-state index in [2.05, 4.69) is 14.9 Å². The van der Waals surface area contributed by atoms with Crippen LogP contribution in [0.3, 0.4) is 0 Å². The summed E-state index contributed by atoms with van der Waals surface area (Å²) in [6, 6.07) is 0.476. The second kappa shape index (κ2) is 5.52. The zero-order valence-corrected chi connectivity index (χ0v) is 11.2. The Morgan fingerprint density at radius 1 is 1.39 bits per heavy atom. The van der Waals surface area contributed by atoms with Gasteiger partial charge in [0.1, 0.15) is 17.5 Å². The van der Waals surface area contributed by atoms with Gasteiger partial charge in [0.05, 0.1) is 0 Å². The monoisotopic (exact) mass is 250 g/mol. The van der Waals surface area contributed by atoms with Crippen LogP contribution >= 0.6 is 0 Å². The van der Waals surface area contributed by atoms with Gasteiger partial charge in [-0.05, 0) is 39.5 Å². The van der Waals surface area contributed by atoms with Crippen molar-refractivity contribution in [3.05, 3.63) is 11.4 Å². The van der Waals surface area contributed by atoms with Gasteiger partial charge in [-0.25, -0.2) is 9.97 Å². The van der Waals surface area contributed by atoms with Crippen LogP contribution in [0, 0.1) is 13.8 Å². The summed E-state index contributed by atoms with van der Waals surface area (Å²) in [4.78, 5) is 11.1. The topological polar surface area (TPSA) is 75.3 Å². The Hall–Kier alpha value is -1.36. The summed E-state index contributed by atoms with van der Waals surface area (Å²) in [7, 11) is 0. The van der Waals surface area contributed by atoms with Crippen molar-refractivity contribution in [2.45, 2.75) is 45.6 Å². The molecule has 0 radical (unpaired) electrons. The molecular weight excluding hydrogens is 228 g/mol. The van der Waals surface area contributed by atoms with E-state index in [-0.39, 0.29) is 6.61 Å². The summed E-state index contributed by atoms with van der Waals surface area (Å²) in [5, 5.41) is 8.96. The molecule has 0 spiro atoms. The van der Waals surface area contributed by atoms with Crippen molar-refractivity contribution >= 4 is 11.6 Å². The molecule has 0 amide bonds. The van der Waals surface area contributed by atoms with Crippen LogP contribution in [0.2, 0.25) is 0 Å². The molecule has 1 aliphatic rings. The number of hydrogen-bond acceptors (Lipinski definition) is 5. The van der Waals surface area contributed by atoms with E-state index in [9.17, 15) is 0 Å². The molecule has 1 atom stereocenters. The van der Waals surface area contributed by atoms with Gasteiger partial charge in [0.15, 0.2) is 0 Å². The zero-order valence-electron chi connectivity index (χ0n) is 11.2. The van der Waals surface area contributed by atoms with E-state index < -0.39 is 0 Å². The summed E-state index contributed by atoms with van der Waals surface area (Å²) < 4.78 is 0. The minimum atomic E-state index is 0.258. The van der Waals surface area contributed by atoms with Crippen molar-refractivity contribution < 1.29 is 5.11 Å². The average Bonchev–Trinajstić information content (AvgIpc) is 2.79. The Kier molecular flexibility index (Phi) is 4.01. The summed E-state index contributed by atoms with van der Waals surface area (Å²) in [6.45, 7) is 5.13. The van der Waals surface area contributed by atoms with Gasteiger partial charge in [0.25, 0.3) is 0 Å². The van der Waals surface area contributed by atoms with Gasteiger partial charge in [-0.2, -0.15) is 0 Å². The van der Waals surface area contributed by atoms with Gasteiger partial charge in [-0.1, -0.05) is 0 Å². The van der Waals surface area contributed by atoms with Crippen LogP contribution in [0.5, 0.6) is 0 Å². The van der Waals surface area contributed by atoms with Crippen LogP contribution in [0.25, 0.3) is 0 Å². The number of nitrogens with zero attached hydrogens (tertiary/aromatic N) is 3. The van der Waals surface area contributed by atoms with E-state index in [1.807, 2.05) is 13.8 Å². The highest BCUT2D eigenvalue weighted by molar-refractivity contribution is 5.57. The van der Waals surface area contributed by atoms with Crippen molar-refractivity contribution in [3.8, 4) is 0 Å². The van der Waals surface area contributed by atoms with Crippen LogP contribution in [0.15, 0.2) is 0 Å². The molecule has 1 fully saturated rings. The fourth-order valence-electron chi connectivity index (χ4n) is 2.66. The van der Waals surface area contributed by atoms with Gasteiger partial charge in [0.2, 0.25) is 0 Å². The first-order valence-corrected chi connectivity index (χ1v) is 6.61. The number of nitrogens with two attached hydrogens (primary N) is 1. The normalized spacial score (nSPS) is 19.5. The number of anilines is 2. The third-order valence-corrected chi connectivity index (χ3v) is 3.61. The molecule has 2 heterocycles. The first kappa shape index (κ1) is 13.1. The van der Waals surface area contributed by atoms with Crippen LogP contribution in [-0.4, -0.2) is 34.3 Å². The quantitative estimate of drug-likeness (QED) is 0.845. The molecule has 0 bridgehead atoms. The lowest BCUT2D eigenvalue weighted by Crippen LogP contribution is -2.31. The molecular formula is C13H22N4O. The Morgan fingerprint density at radius 2 is 2.17 bits per heavy atom. The molecule has 5 heteroatoms. The van der Waals surface area contributed by atoms with E-state index in [0.29, 0.717) is 11.9 Å². The molecule has 100 valence electrons. The number of hydrogen-bond donors (Lipinski definition) is 2. The number of aryl methyl sites for hydroxylation is 1. The predicted molar refractivity (Wildman–Crippen MR) is 72.6 cm³/mol. The molecule has 2 rings (SSSR count). The van der Waals surface area contributed by atoms with E-state index in [0.717, 1.165) is 36.6 Å². The minimum Gasteiger partial charge on any atom is -0.396 e. The number of aliphatic hydroxyl groups is 1. The number of rotatable bonds is 4. The highest BCUT2D eigenvalue weighted by Crippen LogP contribution is 2.30. The van der Waals surface area contributed by atoms with Crippen LogP contribution < -0.4 is 10.6 Å². The fourth-order valence-corrected chi connectivity index (χ4v) is 2.66. The Morgan fingerprint density at radius 3 is 2.89 bits per heavy atom. The van der Waals surface area contributed by atoms with E-state index in [1.54, 1.807) is 0 Å². The van der Waals surface area contributed by atoms with Crippen molar-refractivity contribution in [2.75, 3.05) is 23.8 Å². The van der Waals surface area contributed by atoms with Crippen molar-refractivity contribution in [1.82, 2.24) is 9.97 Å². The third-order valence-electron chi connectivity index (χ3n) is 3.61. The van der Waals surface area contributed by atoms with Crippen LogP contribution in [0.4, 0.5) is 11.6 Å². The first-order chi connectivity index (χ1) is 8.63. The first-order valence-electron chi connectivity index (χ1n) is 6.61. The Bertz CT molecular complexity index is 422.